The summed E-state index contributed by atoms with van der Waals surface area (Å²) in [5, 5.41) is 10.5. The molecule has 184 valence electrons. The second-order valence-corrected chi connectivity index (χ2v) is 10.9. The van der Waals surface area contributed by atoms with Crippen LogP contribution in [0, 0.1) is 0 Å². The van der Waals surface area contributed by atoms with Crippen LogP contribution in [0.15, 0.2) is 146 Å². The lowest BCUT2D eigenvalue weighted by Crippen LogP contribution is -1.88. The Balaban J connectivity index is 1.25. The van der Waals surface area contributed by atoms with Crippen molar-refractivity contribution in [3.63, 3.8) is 0 Å². The Hall–Kier alpha value is -5.20. The zero-order valence-corrected chi connectivity index (χ0v) is 21.9. The van der Waals surface area contributed by atoms with Gasteiger partial charge in [-0.2, -0.15) is 0 Å². The molecule has 0 aliphatic heterocycles. The highest BCUT2D eigenvalue weighted by molar-refractivity contribution is 6.21. The molecule has 1 aliphatic rings. The maximum Gasteiger partial charge on any atom is -0.00201 e. The first-order chi connectivity index (χ1) is 19.8. The van der Waals surface area contributed by atoms with Crippen LogP contribution in [-0.4, -0.2) is 0 Å². The van der Waals surface area contributed by atoms with Crippen LogP contribution in [0.4, 0.5) is 0 Å². The fraction of sp³-hybridized carbons (Fsp3) is 0. The van der Waals surface area contributed by atoms with Crippen molar-refractivity contribution in [1.29, 1.82) is 0 Å². The van der Waals surface area contributed by atoms with E-state index < -0.39 is 0 Å². The van der Waals surface area contributed by atoms with Crippen LogP contribution in [0.25, 0.3) is 87.6 Å². The van der Waals surface area contributed by atoms with Crippen molar-refractivity contribution < 1.29 is 0 Å². The van der Waals surface area contributed by atoms with Crippen LogP contribution >= 0.6 is 0 Å². The van der Waals surface area contributed by atoms with Gasteiger partial charge in [-0.25, -0.2) is 0 Å². The monoisotopic (exact) mass is 504 g/mol. The van der Waals surface area contributed by atoms with Gasteiger partial charge in [-0.3, -0.25) is 0 Å². The van der Waals surface area contributed by atoms with Gasteiger partial charge in [-0.1, -0.05) is 140 Å². The average molecular weight is 505 g/mol. The molecule has 0 radical (unpaired) electrons. The van der Waals surface area contributed by atoms with Gasteiger partial charge in [0.2, 0.25) is 0 Å². The first-order valence-electron chi connectivity index (χ1n) is 13.9. The predicted octanol–water partition coefficient (Wildman–Crippen LogP) is 11.3. The molecule has 9 rings (SSSR count). The Morgan fingerprint density at radius 1 is 0.275 bits per heavy atom. The molecule has 0 saturated heterocycles. The Labute approximate surface area is 232 Å². The number of fused-ring (bicyclic) bond motifs is 7. The van der Waals surface area contributed by atoms with Gasteiger partial charge < -0.3 is 0 Å². The molecule has 0 fully saturated rings. The van der Waals surface area contributed by atoms with Gasteiger partial charge in [0.25, 0.3) is 0 Å². The van der Waals surface area contributed by atoms with E-state index in [1.165, 1.54) is 87.6 Å². The van der Waals surface area contributed by atoms with Crippen LogP contribution in [0.5, 0.6) is 0 Å². The molecule has 0 nitrogen and oxygen atoms in total. The third-order valence-electron chi connectivity index (χ3n) is 8.80. The lowest BCUT2D eigenvalue weighted by molar-refractivity contribution is 1.64. The van der Waals surface area contributed by atoms with Gasteiger partial charge in [-0.15, -0.1) is 0 Å². The van der Waals surface area contributed by atoms with Crippen molar-refractivity contribution in [3.8, 4) is 44.5 Å². The lowest BCUT2D eigenvalue weighted by atomic mass is 9.88. The van der Waals surface area contributed by atoms with E-state index in [9.17, 15) is 0 Å². The average Bonchev–Trinajstić information content (AvgIpc) is 3.35. The summed E-state index contributed by atoms with van der Waals surface area (Å²) in [6.07, 6.45) is 0. The molecule has 0 amide bonds. The molecule has 8 aromatic carbocycles. The van der Waals surface area contributed by atoms with E-state index in [-0.39, 0.29) is 0 Å². The van der Waals surface area contributed by atoms with Crippen LogP contribution < -0.4 is 0 Å². The van der Waals surface area contributed by atoms with Gasteiger partial charge in [0.05, 0.1) is 0 Å². The lowest BCUT2D eigenvalue weighted by Gasteiger charge is -2.15. The highest BCUT2D eigenvalue weighted by Crippen LogP contribution is 2.49. The summed E-state index contributed by atoms with van der Waals surface area (Å²) in [5.74, 6) is 0. The van der Waals surface area contributed by atoms with Gasteiger partial charge in [-0.05, 0) is 93.7 Å². The Bertz CT molecular complexity index is 2270. The molecule has 0 unspecified atom stereocenters. The van der Waals surface area contributed by atoms with Crippen LogP contribution in [0.1, 0.15) is 0 Å². The molecule has 0 atom stereocenters. The van der Waals surface area contributed by atoms with Crippen LogP contribution in [0.2, 0.25) is 0 Å². The third kappa shape index (κ3) is 2.96. The topological polar surface area (TPSA) is 0 Å². The van der Waals surface area contributed by atoms with E-state index in [4.69, 9.17) is 0 Å². The zero-order chi connectivity index (χ0) is 26.2. The van der Waals surface area contributed by atoms with Gasteiger partial charge in [0.1, 0.15) is 0 Å². The molecule has 0 aromatic heterocycles. The minimum absolute atomic E-state index is 1.25. The molecule has 8 aromatic rings. The summed E-state index contributed by atoms with van der Waals surface area (Å²) in [6.45, 7) is 0. The number of hydrogen-bond acceptors (Lipinski definition) is 0. The molecule has 0 spiro atoms. The summed E-state index contributed by atoms with van der Waals surface area (Å²) in [7, 11) is 0. The van der Waals surface area contributed by atoms with Crippen molar-refractivity contribution in [2.45, 2.75) is 0 Å². The van der Waals surface area contributed by atoms with Gasteiger partial charge in [0.15, 0.2) is 0 Å². The Morgan fingerprint density at radius 3 is 1.70 bits per heavy atom. The minimum atomic E-state index is 1.25. The first-order valence-corrected chi connectivity index (χ1v) is 13.9. The SMILES string of the molecule is c1ccc2c(c1)-c1cccc3c(-c4ccc(-c5c6ccccc6cc6c5ccc5ccccc56)cc4)ccc-2c13. The van der Waals surface area contributed by atoms with Gasteiger partial charge in [0, 0.05) is 0 Å². The number of hydrogen-bond donors (Lipinski definition) is 0. The van der Waals surface area contributed by atoms with Gasteiger partial charge >= 0.3 is 0 Å². The van der Waals surface area contributed by atoms with Crippen molar-refractivity contribution in [3.05, 3.63) is 146 Å². The molecule has 0 heteroatoms. The number of benzene rings is 8. The van der Waals surface area contributed by atoms with Crippen molar-refractivity contribution in [1.82, 2.24) is 0 Å². The standard InChI is InChI=1S/C40H24/c1-3-10-29-25(8-1)20-21-37-38(29)24-28-9-2-4-11-31(28)39(37)27-18-16-26(17-19-27)30-22-23-36-33-13-6-5-12-32(33)35-15-7-14-34(30)40(35)36/h1-24H. The molecular weight excluding hydrogens is 480 g/mol. The van der Waals surface area contributed by atoms with Crippen LogP contribution in [-0.2, 0) is 0 Å². The predicted molar refractivity (Wildman–Crippen MR) is 172 cm³/mol. The zero-order valence-electron chi connectivity index (χ0n) is 21.9. The quantitative estimate of drug-likeness (QED) is 0.162. The van der Waals surface area contributed by atoms with Crippen LogP contribution in [0.3, 0.4) is 0 Å². The van der Waals surface area contributed by atoms with E-state index in [2.05, 4.69) is 146 Å². The van der Waals surface area contributed by atoms with E-state index in [1.807, 2.05) is 0 Å². The summed E-state index contributed by atoms with van der Waals surface area (Å²) in [5.41, 5.74) is 10.5. The van der Waals surface area contributed by atoms with E-state index >= 15 is 0 Å². The largest absolute Gasteiger partial charge is 0.0616 e. The first kappa shape index (κ1) is 21.7. The summed E-state index contributed by atoms with van der Waals surface area (Å²) >= 11 is 0. The normalized spacial score (nSPS) is 12.0. The molecule has 40 heavy (non-hydrogen) atoms. The fourth-order valence-corrected chi connectivity index (χ4v) is 7.01. The second-order valence-electron chi connectivity index (χ2n) is 10.9. The highest BCUT2D eigenvalue weighted by Gasteiger charge is 2.22. The molecule has 1 aliphatic carbocycles. The maximum absolute atomic E-state index is 2.36. The molecule has 0 bridgehead atoms. The summed E-state index contributed by atoms with van der Waals surface area (Å²) < 4.78 is 0. The fourth-order valence-electron chi connectivity index (χ4n) is 7.01. The molecule has 0 heterocycles. The Kier molecular flexibility index (Phi) is 4.42. The Morgan fingerprint density at radius 2 is 0.875 bits per heavy atom. The molecule has 0 saturated carbocycles. The molecule has 0 N–H and O–H groups in total. The summed E-state index contributed by atoms with van der Waals surface area (Å²) in [6, 6.07) is 53.8. The van der Waals surface area contributed by atoms with Crippen molar-refractivity contribution >= 4 is 43.1 Å². The number of rotatable bonds is 2. The maximum atomic E-state index is 2.36. The summed E-state index contributed by atoms with van der Waals surface area (Å²) in [4.78, 5) is 0. The van der Waals surface area contributed by atoms with Crippen molar-refractivity contribution in [2.75, 3.05) is 0 Å². The van der Waals surface area contributed by atoms with E-state index in [1.54, 1.807) is 0 Å². The van der Waals surface area contributed by atoms with Crippen molar-refractivity contribution in [2.24, 2.45) is 0 Å². The minimum Gasteiger partial charge on any atom is -0.0616 e. The second kappa shape index (κ2) is 8.15. The molecular formula is C40H24. The van der Waals surface area contributed by atoms with E-state index in [0.29, 0.717) is 0 Å². The smallest absolute Gasteiger partial charge is 0.00201 e. The highest BCUT2D eigenvalue weighted by atomic mass is 14.2. The third-order valence-corrected chi connectivity index (χ3v) is 8.80. The van der Waals surface area contributed by atoms with E-state index in [0.717, 1.165) is 0 Å².